The predicted molar refractivity (Wildman–Crippen MR) is 72.5 cm³/mol. The number of quaternary nitrogens is 1. The van der Waals surface area contributed by atoms with Crippen molar-refractivity contribution >= 4 is 11.6 Å². The molecule has 2 aliphatic rings. The Hall–Kier alpha value is -0.570. The second-order valence-electron chi connectivity index (χ2n) is 5.78. The quantitative estimate of drug-likeness (QED) is 0.804. The van der Waals surface area contributed by atoms with Crippen LogP contribution >= 0.6 is 11.6 Å². The van der Waals surface area contributed by atoms with Gasteiger partial charge in [-0.05, 0) is 18.9 Å². The zero-order valence-corrected chi connectivity index (χ0v) is 11.4. The van der Waals surface area contributed by atoms with Crippen LogP contribution in [0.2, 0.25) is 5.02 Å². The summed E-state index contributed by atoms with van der Waals surface area (Å²) in [5, 5.41) is 14.1. The van der Waals surface area contributed by atoms with Gasteiger partial charge in [0.15, 0.2) is 0 Å². The number of rotatable bonds is 1. The zero-order valence-electron chi connectivity index (χ0n) is 10.6. The SMILES string of the molecule is O[C@]12CCCC[C@@H]1[C@@H](c1ccccc1Cl)[NH2+]CC2. The van der Waals surface area contributed by atoms with Crippen molar-refractivity contribution in [1.29, 1.82) is 0 Å². The number of nitrogens with two attached hydrogens (primary N) is 1. The molecule has 1 saturated heterocycles. The molecule has 1 saturated carbocycles. The largest absolute Gasteiger partial charge is 0.389 e. The van der Waals surface area contributed by atoms with Crippen LogP contribution in [0.5, 0.6) is 0 Å². The van der Waals surface area contributed by atoms with Crippen LogP contribution in [0, 0.1) is 5.92 Å². The molecule has 3 heteroatoms. The number of hydrogen-bond donors (Lipinski definition) is 2. The molecule has 98 valence electrons. The second kappa shape index (κ2) is 4.84. The molecular weight excluding hydrogens is 246 g/mol. The summed E-state index contributed by atoms with van der Waals surface area (Å²) in [6, 6.07) is 8.43. The molecule has 3 rings (SSSR count). The molecule has 0 spiro atoms. The van der Waals surface area contributed by atoms with Gasteiger partial charge in [0.2, 0.25) is 0 Å². The maximum atomic E-state index is 10.9. The topological polar surface area (TPSA) is 36.8 Å². The highest BCUT2D eigenvalue weighted by Gasteiger charge is 2.48. The molecule has 2 fully saturated rings. The van der Waals surface area contributed by atoms with Crippen LogP contribution in [0.15, 0.2) is 24.3 Å². The van der Waals surface area contributed by atoms with E-state index in [-0.39, 0.29) is 0 Å². The first-order valence-corrected chi connectivity index (χ1v) is 7.39. The van der Waals surface area contributed by atoms with Gasteiger partial charge in [0, 0.05) is 22.9 Å². The van der Waals surface area contributed by atoms with Crippen LogP contribution in [0.4, 0.5) is 0 Å². The number of hydrogen-bond acceptors (Lipinski definition) is 1. The maximum Gasteiger partial charge on any atom is 0.119 e. The molecule has 1 aromatic rings. The van der Waals surface area contributed by atoms with Crippen molar-refractivity contribution in [3.63, 3.8) is 0 Å². The molecular formula is C15H21ClNO+. The van der Waals surface area contributed by atoms with Gasteiger partial charge in [0.25, 0.3) is 0 Å². The van der Waals surface area contributed by atoms with Crippen molar-refractivity contribution in [3.05, 3.63) is 34.9 Å². The normalized spacial score (nSPS) is 36.1. The average Bonchev–Trinajstić information content (AvgIpc) is 2.38. The molecule has 3 atom stereocenters. The molecule has 2 nitrogen and oxygen atoms in total. The van der Waals surface area contributed by atoms with E-state index < -0.39 is 5.60 Å². The lowest BCUT2D eigenvalue weighted by molar-refractivity contribution is -0.719. The van der Waals surface area contributed by atoms with Gasteiger partial charge in [-0.15, -0.1) is 0 Å². The fraction of sp³-hybridized carbons (Fsp3) is 0.600. The van der Waals surface area contributed by atoms with Gasteiger partial charge in [-0.25, -0.2) is 0 Å². The van der Waals surface area contributed by atoms with E-state index in [9.17, 15) is 5.11 Å². The van der Waals surface area contributed by atoms with E-state index in [1.165, 1.54) is 18.4 Å². The van der Waals surface area contributed by atoms with Crippen LogP contribution in [0.1, 0.15) is 43.7 Å². The molecule has 0 amide bonds. The smallest absolute Gasteiger partial charge is 0.119 e. The van der Waals surface area contributed by atoms with E-state index >= 15 is 0 Å². The molecule has 1 aliphatic heterocycles. The fourth-order valence-electron chi connectivity index (χ4n) is 3.84. The Morgan fingerprint density at radius 3 is 2.89 bits per heavy atom. The Kier molecular flexibility index (Phi) is 3.35. The van der Waals surface area contributed by atoms with E-state index in [0.29, 0.717) is 12.0 Å². The molecule has 0 bridgehead atoms. The van der Waals surface area contributed by atoms with E-state index in [2.05, 4.69) is 11.4 Å². The van der Waals surface area contributed by atoms with E-state index in [1.807, 2.05) is 18.2 Å². The summed E-state index contributed by atoms with van der Waals surface area (Å²) in [5.41, 5.74) is 0.751. The highest BCUT2D eigenvalue weighted by molar-refractivity contribution is 6.31. The highest BCUT2D eigenvalue weighted by atomic mass is 35.5. The first-order chi connectivity index (χ1) is 8.71. The van der Waals surface area contributed by atoms with Gasteiger partial charge >= 0.3 is 0 Å². The Bertz CT molecular complexity index is 432. The van der Waals surface area contributed by atoms with E-state index in [4.69, 9.17) is 11.6 Å². The van der Waals surface area contributed by atoms with Gasteiger partial charge in [0.1, 0.15) is 6.04 Å². The lowest BCUT2D eigenvalue weighted by Crippen LogP contribution is -2.91. The maximum absolute atomic E-state index is 10.9. The molecule has 0 aromatic heterocycles. The second-order valence-corrected chi connectivity index (χ2v) is 6.18. The summed E-state index contributed by atoms with van der Waals surface area (Å²) in [6.07, 6.45) is 5.43. The summed E-state index contributed by atoms with van der Waals surface area (Å²) < 4.78 is 0. The Morgan fingerprint density at radius 1 is 1.22 bits per heavy atom. The Labute approximate surface area is 113 Å². The van der Waals surface area contributed by atoms with Crippen LogP contribution in [-0.2, 0) is 0 Å². The van der Waals surface area contributed by atoms with Gasteiger partial charge in [-0.2, -0.15) is 0 Å². The van der Waals surface area contributed by atoms with Crippen LogP contribution in [-0.4, -0.2) is 17.3 Å². The summed E-state index contributed by atoms with van der Waals surface area (Å²) in [4.78, 5) is 0. The Morgan fingerprint density at radius 2 is 2.06 bits per heavy atom. The van der Waals surface area contributed by atoms with Crippen LogP contribution < -0.4 is 5.32 Å². The average molecular weight is 267 g/mol. The van der Waals surface area contributed by atoms with Crippen molar-refractivity contribution in [2.75, 3.05) is 6.54 Å². The van der Waals surface area contributed by atoms with Crippen LogP contribution in [0.3, 0.4) is 0 Å². The number of halogens is 1. The monoisotopic (exact) mass is 266 g/mol. The predicted octanol–water partition coefficient (Wildman–Crippen LogP) is 2.27. The highest BCUT2D eigenvalue weighted by Crippen LogP contribution is 2.44. The van der Waals surface area contributed by atoms with Gasteiger partial charge in [-0.1, -0.05) is 42.6 Å². The van der Waals surface area contributed by atoms with Crippen molar-refractivity contribution < 1.29 is 10.4 Å². The molecule has 1 aliphatic carbocycles. The van der Waals surface area contributed by atoms with E-state index in [0.717, 1.165) is 30.8 Å². The van der Waals surface area contributed by atoms with Crippen molar-refractivity contribution in [2.24, 2.45) is 5.92 Å². The first-order valence-electron chi connectivity index (χ1n) is 7.01. The van der Waals surface area contributed by atoms with Gasteiger partial charge in [0.05, 0.1) is 12.1 Å². The number of piperidine rings is 1. The molecule has 1 heterocycles. The minimum atomic E-state index is -0.448. The number of benzene rings is 1. The Balaban J connectivity index is 1.94. The molecule has 0 unspecified atom stereocenters. The van der Waals surface area contributed by atoms with Gasteiger partial charge in [-0.3, -0.25) is 0 Å². The lowest BCUT2D eigenvalue weighted by atomic mass is 9.67. The zero-order chi connectivity index (χ0) is 12.6. The third-order valence-corrected chi connectivity index (χ3v) is 5.10. The fourth-order valence-corrected chi connectivity index (χ4v) is 4.10. The lowest BCUT2D eigenvalue weighted by Gasteiger charge is -2.46. The summed E-state index contributed by atoms with van der Waals surface area (Å²) >= 11 is 6.33. The third kappa shape index (κ3) is 2.07. The van der Waals surface area contributed by atoms with Gasteiger partial charge < -0.3 is 10.4 Å². The summed E-state index contributed by atoms with van der Waals surface area (Å²) in [7, 11) is 0. The van der Waals surface area contributed by atoms with Crippen molar-refractivity contribution in [1.82, 2.24) is 0 Å². The minimum Gasteiger partial charge on any atom is -0.389 e. The van der Waals surface area contributed by atoms with Crippen molar-refractivity contribution in [3.8, 4) is 0 Å². The molecule has 3 N–H and O–H groups in total. The van der Waals surface area contributed by atoms with Crippen molar-refractivity contribution in [2.45, 2.75) is 43.7 Å². The van der Waals surface area contributed by atoms with E-state index in [1.54, 1.807) is 0 Å². The molecule has 1 aromatic carbocycles. The number of fused-ring (bicyclic) bond motifs is 1. The third-order valence-electron chi connectivity index (χ3n) is 4.76. The standard InChI is InChI=1S/C15H20ClNO/c16-13-7-2-1-5-11(13)14-12-6-3-4-8-15(12,18)9-10-17-14/h1-2,5,7,12,14,17-18H,3-4,6,8-10H2/p+1/t12-,14-,15+/m1/s1. The minimum absolute atomic E-state index is 0.331. The molecule has 0 radical (unpaired) electrons. The first kappa shape index (κ1) is 12.5. The summed E-state index contributed by atoms with van der Waals surface area (Å²) in [6.45, 7) is 1.00. The molecule has 18 heavy (non-hydrogen) atoms. The van der Waals surface area contributed by atoms with Crippen LogP contribution in [0.25, 0.3) is 0 Å². The summed E-state index contributed by atoms with van der Waals surface area (Å²) in [5.74, 6) is 0.361. The number of aliphatic hydroxyl groups is 1.